The summed E-state index contributed by atoms with van der Waals surface area (Å²) in [6.45, 7) is -0.359. The maximum Gasteiger partial charge on any atom is 0.416 e. The van der Waals surface area contributed by atoms with Crippen molar-refractivity contribution in [2.75, 3.05) is 6.54 Å². The Kier molecular flexibility index (Phi) is 4.77. The number of amides is 1. The van der Waals surface area contributed by atoms with Crippen LogP contribution in [0.5, 0.6) is 0 Å². The summed E-state index contributed by atoms with van der Waals surface area (Å²) >= 11 is 5.65. The zero-order valence-electron chi connectivity index (χ0n) is 11.1. The van der Waals surface area contributed by atoms with Crippen LogP contribution in [0.2, 0.25) is 5.02 Å². The van der Waals surface area contributed by atoms with Crippen LogP contribution in [0.15, 0.2) is 36.5 Å². The fourth-order valence-electron chi connectivity index (χ4n) is 1.94. The molecular weight excluding hydrogens is 321 g/mol. The third kappa shape index (κ3) is 3.80. The monoisotopic (exact) mass is 332 g/mol. The molecule has 1 aromatic heterocycles. The van der Waals surface area contributed by atoms with Crippen molar-refractivity contribution in [3.05, 3.63) is 58.4 Å². The van der Waals surface area contributed by atoms with E-state index in [4.69, 9.17) is 11.6 Å². The van der Waals surface area contributed by atoms with Crippen LogP contribution in [0.3, 0.4) is 0 Å². The minimum atomic E-state index is -4.57. The first kappa shape index (κ1) is 16.4. The van der Waals surface area contributed by atoms with Gasteiger partial charge in [-0.15, -0.1) is 0 Å². The van der Waals surface area contributed by atoms with Gasteiger partial charge in [0, 0.05) is 12.7 Å². The highest BCUT2D eigenvalue weighted by Gasteiger charge is 2.34. The van der Waals surface area contributed by atoms with Gasteiger partial charge in [0.2, 0.25) is 0 Å². The Labute approximate surface area is 128 Å². The molecule has 8 heteroatoms. The van der Waals surface area contributed by atoms with E-state index in [0.717, 1.165) is 6.07 Å². The molecule has 1 amide bonds. The number of carbonyl (C=O) groups is 1. The molecule has 4 nitrogen and oxygen atoms in total. The number of carbonyl (C=O) groups excluding carboxylic acids is 1. The molecule has 0 aliphatic carbocycles. The normalized spacial score (nSPS) is 13.0. The summed E-state index contributed by atoms with van der Waals surface area (Å²) in [5.74, 6) is -0.574. The van der Waals surface area contributed by atoms with Crippen LogP contribution in [0, 0.1) is 0 Å². The molecule has 22 heavy (non-hydrogen) atoms. The molecule has 0 aliphatic rings. The van der Waals surface area contributed by atoms with E-state index in [1.807, 2.05) is 0 Å². The molecule has 0 saturated carbocycles. The summed E-state index contributed by atoms with van der Waals surface area (Å²) in [6.07, 6.45) is -4.66. The van der Waals surface area contributed by atoms with Gasteiger partial charge in [-0.3, -0.25) is 4.79 Å². The standard InChI is InChI=1S/C14H12ClF3N2O2/c15-8-5-11(19-6-8)13(22)20-7-12(21)9-3-1-2-4-10(9)14(16,17)18/h1-6,12,19,21H,7H2,(H,20,22)/t12-/m1/s1. The van der Waals surface area contributed by atoms with Gasteiger partial charge < -0.3 is 15.4 Å². The SMILES string of the molecule is O=C(NC[C@@H](O)c1ccccc1C(F)(F)F)c1cc(Cl)c[nH]1. The van der Waals surface area contributed by atoms with Crippen LogP contribution in [-0.4, -0.2) is 22.5 Å². The van der Waals surface area contributed by atoms with E-state index in [-0.39, 0.29) is 17.8 Å². The number of aliphatic hydroxyl groups is 1. The predicted octanol–water partition coefficient (Wildman–Crippen LogP) is 3.15. The lowest BCUT2D eigenvalue weighted by Gasteiger charge is -2.17. The molecule has 1 aromatic carbocycles. The third-order valence-electron chi connectivity index (χ3n) is 2.97. The van der Waals surface area contributed by atoms with Crippen molar-refractivity contribution >= 4 is 17.5 Å². The Balaban J connectivity index is 2.07. The van der Waals surface area contributed by atoms with E-state index < -0.39 is 23.8 Å². The Morgan fingerprint density at radius 1 is 1.36 bits per heavy atom. The number of rotatable bonds is 4. The molecule has 1 atom stereocenters. The molecule has 118 valence electrons. The molecule has 0 saturated heterocycles. The number of benzene rings is 1. The van der Waals surface area contributed by atoms with Gasteiger partial charge in [0.15, 0.2) is 0 Å². The largest absolute Gasteiger partial charge is 0.416 e. The minimum absolute atomic E-state index is 0.154. The van der Waals surface area contributed by atoms with Crippen LogP contribution in [0.25, 0.3) is 0 Å². The average Bonchev–Trinajstić information content (AvgIpc) is 2.90. The summed E-state index contributed by atoms with van der Waals surface area (Å²) in [7, 11) is 0. The molecule has 0 bridgehead atoms. The number of alkyl halides is 3. The number of aromatic nitrogens is 1. The number of aromatic amines is 1. The fourth-order valence-corrected chi connectivity index (χ4v) is 2.10. The molecule has 0 aliphatic heterocycles. The maximum atomic E-state index is 12.9. The van der Waals surface area contributed by atoms with Gasteiger partial charge in [-0.25, -0.2) is 0 Å². The van der Waals surface area contributed by atoms with Gasteiger partial charge in [0.05, 0.1) is 16.7 Å². The van der Waals surface area contributed by atoms with Crippen molar-refractivity contribution in [2.24, 2.45) is 0 Å². The number of nitrogens with one attached hydrogen (secondary N) is 2. The van der Waals surface area contributed by atoms with Crippen molar-refractivity contribution in [3.63, 3.8) is 0 Å². The Morgan fingerprint density at radius 2 is 2.05 bits per heavy atom. The topological polar surface area (TPSA) is 65.1 Å². The van der Waals surface area contributed by atoms with Crippen molar-refractivity contribution in [1.82, 2.24) is 10.3 Å². The maximum absolute atomic E-state index is 12.9. The number of aliphatic hydroxyl groups excluding tert-OH is 1. The zero-order valence-corrected chi connectivity index (χ0v) is 11.9. The second kappa shape index (κ2) is 6.41. The molecule has 0 spiro atoms. The van der Waals surface area contributed by atoms with Gasteiger partial charge >= 0.3 is 6.18 Å². The molecule has 0 radical (unpaired) electrons. The van der Waals surface area contributed by atoms with Gasteiger partial charge in [-0.05, 0) is 17.7 Å². The van der Waals surface area contributed by atoms with E-state index >= 15 is 0 Å². The smallest absolute Gasteiger partial charge is 0.387 e. The first-order chi connectivity index (χ1) is 10.3. The molecule has 3 N–H and O–H groups in total. The first-order valence-corrected chi connectivity index (χ1v) is 6.63. The van der Waals surface area contributed by atoms with Crippen LogP contribution in [-0.2, 0) is 6.18 Å². The molecule has 2 rings (SSSR count). The van der Waals surface area contributed by atoms with Crippen molar-refractivity contribution in [1.29, 1.82) is 0 Å². The van der Waals surface area contributed by atoms with E-state index in [9.17, 15) is 23.1 Å². The lowest BCUT2D eigenvalue weighted by atomic mass is 10.0. The van der Waals surface area contributed by atoms with E-state index in [1.165, 1.54) is 30.5 Å². The molecule has 2 aromatic rings. The highest BCUT2D eigenvalue weighted by Crippen LogP contribution is 2.34. The van der Waals surface area contributed by atoms with Gasteiger partial charge in [0.1, 0.15) is 5.69 Å². The van der Waals surface area contributed by atoms with E-state index in [0.29, 0.717) is 5.02 Å². The van der Waals surface area contributed by atoms with Crippen LogP contribution < -0.4 is 5.32 Å². The Hall–Kier alpha value is -1.99. The zero-order chi connectivity index (χ0) is 16.3. The Bertz CT molecular complexity index is 670. The van der Waals surface area contributed by atoms with Gasteiger partial charge in [-0.2, -0.15) is 13.2 Å². The minimum Gasteiger partial charge on any atom is -0.387 e. The van der Waals surface area contributed by atoms with E-state index in [1.54, 1.807) is 0 Å². The fraction of sp³-hybridized carbons (Fsp3) is 0.214. The number of halogens is 4. The lowest BCUT2D eigenvalue weighted by molar-refractivity contribution is -0.139. The molecule has 1 heterocycles. The highest BCUT2D eigenvalue weighted by molar-refractivity contribution is 6.30. The van der Waals surface area contributed by atoms with Crippen molar-refractivity contribution in [2.45, 2.75) is 12.3 Å². The molecule has 0 unspecified atom stereocenters. The van der Waals surface area contributed by atoms with E-state index in [2.05, 4.69) is 10.3 Å². The second-order valence-electron chi connectivity index (χ2n) is 4.54. The van der Waals surface area contributed by atoms with Crippen LogP contribution in [0.4, 0.5) is 13.2 Å². The summed E-state index contributed by atoms with van der Waals surface area (Å²) in [5, 5.41) is 12.6. The van der Waals surface area contributed by atoms with Crippen LogP contribution >= 0.6 is 11.6 Å². The predicted molar refractivity (Wildman–Crippen MR) is 74.5 cm³/mol. The summed E-state index contributed by atoms with van der Waals surface area (Å²) in [6, 6.07) is 6.04. The first-order valence-electron chi connectivity index (χ1n) is 6.25. The summed E-state index contributed by atoms with van der Waals surface area (Å²) in [5.41, 5.74) is -1.07. The summed E-state index contributed by atoms with van der Waals surface area (Å²) in [4.78, 5) is 14.3. The quantitative estimate of drug-likeness (QED) is 0.805. The second-order valence-corrected chi connectivity index (χ2v) is 4.98. The Morgan fingerprint density at radius 3 is 2.64 bits per heavy atom. The number of H-pyrrole nitrogens is 1. The molecular formula is C14H12ClF3N2O2. The lowest BCUT2D eigenvalue weighted by Crippen LogP contribution is -2.29. The third-order valence-corrected chi connectivity index (χ3v) is 3.19. The molecule has 0 fully saturated rings. The van der Waals surface area contributed by atoms with Gasteiger partial charge in [0.25, 0.3) is 5.91 Å². The highest BCUT2D eigenvalue weighted by atomic mass is 35.5. The van der Waals surface area contributed by atoms with Crippen molar-refractivity contribution < 1.29 is 23.1 Å². The van der Waals surface area contributed by atoms with Crippen LogP contribution in [0.1, 0.15) is 27.7 Å². The van der Waals surface area contributed by atoms with Gasteiger partial charge in [-0.1, -0.05) is 29.8 Å². The number of hydrogen-bond acceptors (Lipinski definition) is 2. The summed E-state index contributed by atoms with van der Waals surface area (Å²) < 4.78 is 38.6. The average molecular weight is 333 g/mol. The van der Waals surface area contributed by atoms with Crippen molar-refractivity contribution in [3.8, 4) is 0 Å². The number of hydrogen-bond donors (Lipinski definition) is 3.